The molecule has 1 aromatic rings. The Morgan fingerprint density at radius 2 is 2.05 bits per heavy atom. The van der Waals surface area contributed by atoms with E-state index in [1.165, 1.54) is 0 Å². The number of carbonyl (C=O) groups is 2. The molecule has 0 bridgehead atoms. The minimum Gasteiger partial charge on any atom is -0.480 e. The second-order valence-electron chi connectivity index (χ2n) is 5.83. The molecule has 2 rings (SSSR count). The molecule has 0 saturated carbocycles. The van der Waals surface area contributed by atoms with E-state index in [1.54, 1.807) is 0 Å². The minimum absolute atomic E-state index is 0.123. The molecule has 1 aliphatic heterocycles. The predicted octanol–water partition coefficient (Wildman–Crippen LogP) is 2.15. The van der Waals surface area contributed by atoms with Gasteiger partial charge in [-0.05, 0) is 31.7 Å². The summed E-state index contributed by atoms with van der Waals surface area (Å²) in [4.78, 5) is 23.3. The zero-order valence-electron chi connectivity index (χ0n) is 12.8. The smallest absolute Gasteiger partial charge is 0.326 e. The molecule has 1 heterocycles. The van der Waals surface area contributed by atoms with Crippen LogP contribution in [0.15, 0.2) is 30.3 Å². The third-order valence-electron chi connectivity index (χ3n) is 3.93. The van der Waals surface area contributed by atoms with Crippen LogP contribution in [0.1, 0.15) is 38.2 Å². The topological polar surface area (TPSA) is 75.6 Å². The molecule has 0 radical (unpaired) electrons. The first-order valence-electron chi connectivity index (χ1n) is 7.76. The van der Waals surface area contributed by atoms with Crippen LogP contribution in [0.25, 0.3) is 0 Å². The molecule has 1 aliphatic rings. The van der Waals surface area contributed by atoms with Gasteiger partial charge in [-0.2, -0.15) is 0 Å². The number of rotatable bonds is 7. The molecular weight excluding hydrogens is 282 g/mol. The number of ether oxygens (including phenoxy) is 1. The molecule has 120 valence electrons. The summed E-state index contributed by atoms with van der Waals surface area (Å²) in [5.74, 6) is -1.24. The average molecular weight is 305 g/mol. The van der Waals surface area contributed by atoms with Gasteiger partial charge in [0.05, 0.1) is 12.2 Å². The number of hydrogen-bond acceptors (Lipinski definition) is 3. The normalized spacial score (nSPS) is 22.2. The van der Waals surface area contributed by atoms with E-state index < -0.39 is 12.0 Å². The highest BCUT2D eigenvalue weighted by Gasteiger charge is 2.24. The zero-order valence-corrected chi connectivity index (χ0v) is 12.8. The van der Waals surface area contributed by atoms with Gasteiger partial charge in [-0.1, -0.05) is 30.3 Å². The van der Waals surface area contributed by atoms with Gasteiger partial charge in [-0.15, -0.1) is 0 Å². The van der Waals surface area contributed by atoms with Gasteiger partial charge in [-0.25, -0.2) is 4.79 Å². The maximum absolute atomic E-state index is 12.0. The van der Waals surface area contributed by atoms with Gasteiger partial charge in [0.2, 0.25) is 5.91 Å². The molecule has 0 spiro atoms. The largest absolute Gasteiger partial charge is 0.480 e. The fourth-order valence-electron chi connectivity index (χ4n) is 2.71. The van der Waals surface area contributed by atoms with Gasteiger partial charge in [0, 0.05) is 12.8 Å². The highest BCUT2D eigenvalue weighted by atomic mass is 16.5. The Balaban J connectivity index is 1.80. The molecule has 1 aromatic carbocycles. The van der Waals surface area contributed by atoms with E-state index in [-0.39, 0.29) is 18.1 Å². The van der Waals surface area contributed by atoms with Crippen LogP contribution in [0.4, 0.5) is 0 Å². The van der Waals surface area contributed by atoms with Crippen LogP contribution in [0.2, 0.25) is 0 Å². The summed E-state index contributed by atoms with van der Waals surface area (Å²) in [5.41, 5.74) is 0.892. The van der Waals surface area contributed by atoms with Gasteiger partial charge in [0.1, 0.15) is 6.04 Å². The van der Waals surface area contributed by atoms with Crippen LogP contribution in [0, 0.1) is 0 Å². The van der Waals surface area contributed by atoms with Crippen molar-refractivity contribution in [1.29, 1.82) is 0 Å². The SMILES string of the molecule is C[C@@H]1CC[C@H](CCC(=O)N[C@H](Cc2ccccc2)C(=O)O)O1. The fraction of sp³-hybridized carbons (Fsp3) is 0.529. The first-order valence-corrected chi connectivity index (χ1v) is 7.76. The maximum atomic E-state index is 12.0. The van der Waals surface area contributed by atoms with E-state index in [9.17, 15) is 14.7 Å². The number of nitrogens with one attached hydrogen (secondary N) is 1. The molecule has 1 amide bonds. The van der Waals surface area contributed by atoms with Gasteiger partial charge in [0.15, 0.2) is 0 Å². The molecule has 1 saturated heterocycles. The number of aliphatic carboxylic acids is 1. The first-order chi connectivity index (χ1) is 10.5. The van der Waals surface area contributed by atoms with Gasteiger partial charge in [0.25, 0.3) is 0 Å². The molecule has 2 N–H and O–H groups in total. The summed E-state index contributed by atoms with van der Waals surface area (Å²) in [6.45, 7) is 2.03. The van der Waals surface area contributed by atoms with Crippen molar-refractivity contribution >= 4 is 11.9 Å². The number of amides is 1. The summed E-state index contributed by atoms with van der Waals surface area (Å²) in [5, 5.41) is 11.9. The Bertz CT molecular complexity index is 503. The van der Waals surface area contributed by atoms with Crippen molar-refractivity contribution in [3.8, 4) is 0 Å². The van der Waals surface area contributed by atoms with E-state index in [1.807, 2.05) is 37.3 Å². The lowest BCUT2D eigenvalue weighted by Gasteiger charge is -2.16. The van der Waals surface area contributed by atoms with Crippen LogP contribution in [0.5, 0.6) is 0 Å². The number of carboxylic acid groups (broad SMARTS) is 1. The van der Waals surface area contributed by atoms with E-state index in [2.05, 4.69) is 5.32 Å². The number of carboxylic acids is 1. The van der Waals surface area contributed by atoms with Crippen molar-refractivity contribution in [3.63, 3.8) is 0 Å². The Morgan fingerprint density at radius 3 is 2.64 bits per heavy atom. The lowest BCUT2D eigenvalue weighted by atomic mass is 10.1. The van der Waals surface area contributed by atoms with Crippen molar-refractivity contribution in [2.24, 2.45) is 0 Å². The van der Waals surface area contributed by atoms with Crippen molar-refractivity contribution in [2.75, 3.05) is 0 Å². The molecule has 3 atom stereocenters. The highest BCUT2D eigenvalue weighted by molar-refractivity contribution is 5.83. The molecular formula is C17H23NO4. The van der Waals surface area contributed by atoms with Crippen molar-refractivity contribution < 1.29 is 19.4 Å². The van der Waals surface area contributed by atoms with Crippen LogP contribution >= 0.6 is 0 Å². The minimum atomic E-state index is -1.01. The molecule has 0 aliphatic carbocycles. The molecule has 5 nitrogen and oxygen atoms in total. The van der Waals surface area contributed by atoms with Crippen molar-refractivity contribution in [3.05, 3.63) is 35.9 Å². The first kappa shape index (κ1) is 16.5. The van der Waals surface area contributed by atoms with Crippen LogP contribution in [-0.2, 0) is 20.7 Å². The molecule has 0 aromatic heterocycles. The van der Waals surface area contributed by atoms with Crippen molar-refractivity contribution in [2.45, 2.75) is 57.3 Å². The molecule has 22 heavy (non-hydrogen) atoms. The number of carbonyl (C=O) groups excluding carboxylic acids is 1. The number of hydrogen-bond donors (Lipinski definition) is 2. The van der Waals surface area contributed by atoms with E-state index in [0.29, 0.717) is 19.3 Å². The Kier molecular flexibility index (Phi) is 5.95. The van der Waals surface area contributed by atoms with Gasteiger partial charge in [-0.3, -0.25) is 4.79 Å². The third kappa shape index (κ3) is 5.15. The van der Waals surface area contributed by atoms with Gasteiger partial charge < -0.3 is 15.2 Å². The Morgan fingerprint density at radius 1 is 1.32 bits per heavy atom. The molecule has 1 fully saturated rings. The Labute approximate surface area is 130 Å². The third-order valence-corrected chi connectivity index (χ3v) is 3.93. The standard InChI is InChI=1S/C17H23NO4/c1-12-7-8-14(22-12)9-10-16(19)18-15(17(20)21)11-13-5-3-2-4-6-13/h2-6,12,14-15H,7-11H2,1H3,(H,18,19)(H,20,21)/t12-,14-,15-/m1/s1. The van der Waals surface area contributed by atoms with E-state index in [0.717, 1.165) is 18.4 Å². The van der Waals surface area contributed by atoms with E-state index in [4.69, 9.17) is 4.74 Å². The predicted molar refractivity (Wildman–Crippen MR) is 82.5 cm³/mol. The van der Waals surface area contributed by atoms with E-state index >= 15 is 0 Å². The summed E-state index contributed by atoms with van der Waals surface area (Å²) in [7, 11) is 0. The monoisotopic (exact) mass is 305 g/mol. The number of benzene rings is 1. The maximum Gasteiger partial charge on any atom is 0.326 e. The second-order valence-corrected chi connectivity index (χ2v) is 5.83. The molecule has 0 unspecified atom stereocenters. The Hall–Kier alpha value is -1.88. The van der Waals surface area contributed by atoms with Crippen molar-refractivity contribution in [1.82, 2.24) is 5.32 Å². The lowest BCUT2D eigenvalue weighted by Crippen LogP contribution is -2.42. The lowest BCUT2D eigenvalue weighted by molar-refractivity contribution is -0.141. The second kappa shape index (κ2) is 7.94. The van der Waals surface area contributed by atoms with Crippen LogP contribution < -0.4 is 5.32 Å². The fourth-order valence-corrected chi connectivity index (χ4v) is 2.71. The molecule has 5 heteroatoms. The summed E-state index contributed by atoms with van der Waals surface area (Å²) in [6, 6.07) is 8.41. The summed E-state index contributed by atoms with van der Waals surface area (Å²) >= 11 is 0. The van der Waals surface area contributed by atoms with Crippen LogP contribution in [-0.4, -0.2) is 35.2 Å². The van der Waals surface area contributed by atoms with Gasteiger partial charge >= 0.3 is 5.97 Å². The highest BCUT2D eigenvalue weighted by Crippen LogP contribution is 2.22. The quantitative estimate of drug-likeness (QED) is 0.809. The zero-order chi connectivity index (χ0) is 15.9. The average Bonchev–Trinajstić information content (AvgIpc) is 2.91. The summed E-state index contributed by atoms with van der Waals surface area (Å²) in [6.07, 6.45) is 3.62. The van der Waals surface area contributed by atoms with Crippen LogP contribution in [0.3, 0.4) is 0 Å². The summed E-state index contributed by atoms with van der Waals surface area (Å²) < 4.78 is 5.66.